The summed E-state index contributed by atoms with van der Waals surface area (Å²) in [6.45, 7) is 0. The first kappa shape index (κ1) is 22.2. The van der Waals surface area contributed by atoms with E-state index in [0.717, 1.165) is 55.3 Å². The van der Waals surface area contributed by atoms with Crippen molar-refractivity contribution in [2.24, 2.45) is 0 Å². The Morgan fingerprint density at radius 2 is 0.722 bits per heavy atom. The Bertz CT molecular complexity index is 1710. The normalized spacial score (nSPS) is 11.9. The summed E-state index contributed by atoms with van der Waals surface area (Å²) < 4.78 is 0. The van der Waals surface area contributed by atoms with Crippen LogP contribution in [0.1, 0.15) is 0 Å². The monoisotopic (exact) mass is 540 g/mol. The summed E-state index contributed by atoms with van der Waals surface area (Å²) in [6.07, 6.45) is 0. The molecular weight excluding hydrogens is 526 g/mol. The molecule has 1 aliphatic carbocycles. The summed E-state index contributed by atoms with van der Waals surface area (Å²) in [6, 6.07) is 32.5. The van der Waals surface area contributed by atoms with E-state index in [1.54, 1.807) is 0 Å². The van der Waals surface area contributed by atoms with Crippen molar-refractivity contribution < 1.29 is 0 Å². The minimum absolute atomic E-state index is 0.613. The number of benzene rings is 6. The molecule has 0 bridgehead atoms. The van der Waals surface area contributed by atoms with E-state index in [-0.39, 0.29) is 0 Å². The third-order valence-corrected chi connectivity index (χ3v) is 8.34. The molecule has 0 unspecified atom stereocenters. The highest BCUT2D eigenvalue weighted by Crippen LogP contribution is 2.59. The average molecular weight is 542 g/mol. The van der Waals surface area contributed by atoms with Crippen LogP contribution < -0.4 is 0 Å². The Kier molecular flexibility index (Phi) is 5.10. The largest absolute Gasteiger partial charge is 0.0836 e. The zero-order valence-electron chi connectivity index (χ0n) is 18.7. The fraction of sp³-hybridized carbons (Fsp3) is 0. The summed E-state index contributed by atoms with van der Waals surface area (Å²) in [5, 5.41) is 6.92. The Labute approximate surface area is 228 Å². The fourth-order valence-electron chi connectivity index (χ4n) is 5.73. The minimum Gasteiger partial charge on any atom is -0.0836 e. The summed E-state index contributed by atoms with van der Waals surface area (Å²) >= 11 is 27.4. The number of halogens is 4. The van der Waals surface area contributed by atoms with Crippen LogP contribution >= 0.6 is 46.4 Å². The van der Waals surface area contributed by atoms with Crippen molar-refractivity contribution in [2.45, 2.75) is 0 Å². The summed E-state index contributed by atoms with van der Waals surface area (Å²) in [5.41, 5.74) is 8.20. The van der Waals surface area contributed by atoms with Crippen molar-refractivity contribution >= 4 is 67.9 Å². The topological polar surface area (TPSA) is 0 Å². The molecule has 0 aromatic heterocycles. The van der Waals surface area contributed by atoms with Gasteiger partial charge in [-0.3, -0.25) is 0 Å². The van der Waals surface area contributed by atoms with Crippen molar-refractivity contribution in [1.82, 2.24) is 0 Å². The van der Waals surface area contributed by atoms with Gasteiger partial charge < -0.3 is 0 Å². The zero-order valence-corrected chi connectivity index (χ0v) is 21.8. The molecule has 0 spiro atoms. The van der Waals surface area contributed by atoms with E-state index in [9.17, 15) is 0 Å². The lowest BCUT2D eigenvalue weighted by Gasteiger charge is -2.22. The molecule has 0 N–H and O–H groups in total. The highest BCUT2D eigenvalue weighted by atomic mass is 35.5. The van der Waals surface area contributed by atoms with Crippen LogP contribution in [-0.2, 0) is 0 Å². The summed E-state index contributed by atoms with van der Waals surface area (Å²) in [4.78, 5) is 0. The van der Waals surface area contributed by atoms with Crippen molar-refractivity contribution in [3.05, 3.63) is 117 Å². The Morgan fingerprint density at radius 3 is 1.14 bits per heavy atom. The number of rotatable bonds is 2. The van der Waals surface area contributed by atoms with Crippen LogP contribution in [-0.4, -0.2) is 0 Å². The molecule has 4 heteroatoms. The predicted octanol–water partition coefficient (Wildman–Crippen LogP) is 11.6. The van der Waals surface area contributed by atoms with Gasteiger partial charge in [-0.2, -0.15) is 0 Å². The maximum atomic E-state index is 6.86. The lowest BCUT2D eigenvalue weighted by atomic mass is 9.82. The quantitative estimate of drug-likeness (QED) is 0.204. The minimum atomic E-state index is 0.613. The van der Waals surface area contributed by atoms with Gasteiger partial charge >= 0.3 is 0 Å². The van der Waals surface area contributed by atoms with Crippen molar-refractivity contribution in [1.29, 1.82) is 0 Å². The summed E-state index contributed by atoms with van der Waals surface area (Å²) in [5.74, 6) is 0. The Hall–Kier alpha value is -3.00. The molecule has 172 valence electrons. The molecule has 0 fully saturated rings. The standard InChI is InChI=1S/C32H16Cl4/c33-22-13-5-14-23(34)31(22)27-18-9-1-2-10-19(18)28(32-24(35)15-6-16-25(32)36)30-21-12-4-8-17-7-3-11-20(26(17)21)29(27)30/h1-16H. The van der Waals surface area contributed by atoms with Gasteiger partial charge in [0.05, 0.1) is 0 Å². The highest BCUT2D eigenvalue weighted by Gasteiger charge is 2.32. The maximum Gasteiger partial charge on any atom is 0.0499 e. The van der Waals surface area contributed by atoms with E-state index < -0.39 is 0 Å². The van der Waals surface area contributed by atoms with Gasteiger partial charge in [0.2, 0.25) is 0 Å². The lowest BCUT2D eigenvalue weighted by molar-refractivity contribution is 1.62. The number of hydrogen-bond donors (Lipinski definition) is 0. The SMILES string of the molecule is Clc1cccc(Cl)c1-c1c2c(c(-c3c(Cl)cccc3Cl)c3ccccc13)-c1cccc3cccc-2c13. The van der Waals surface area contributed by atoms with Gasteiger partial charge in [0.1, 0.15) is 0 Å². The van der Waals surface area contributed by atoms with E-state index in [2.05, 4.69) is 48.5 Å². The second-order valence-corrected chi connectivity index (χ2v) is 10.6. The van der Waals surface area contributed by atoms with Crippen molar-refractivity contribution in [3.63, 3.8) is 0 Å². The highest BCUT2D eigenvalue weighted by molar-refractivity contribution is 6.43. The molecule has 0 aliphatic heterocycles. The molecule has 0 atom stereocenters. The second-order valence-electron chi connectivity index (χ2n) is 8.95. The van der Waals surface area contributed by atoms with Gasteiger partial charge in [-0.15, -0.1) is 0 Å². The third kappa shape index (κ3) is 3.03. The molecule has 0 radical (unpaired) electrons. The first-order valence-electron chi connectivity index (χ1n) is 11.6. The van der Waals surface area contributed by atoms with Gasteiger partial charge in [0.15, 0.2) is 0 Å². The summed E-state index contributed by atoms with van der Waals surface area (Å²) in [7, 11) is 0. The van der Waals surface area contributed by atoms with Gasteiger partial charge in [-0.25, -0.2) is 0 Å². The van der Waals surface area contributed by atoms with Crippen molar-refractivity contribution in [2.75, 3.05) is 0 Å². The first-order chi connectivity index (χ1) is 17.6. The van der Waals surface area contributed by atoms with E-state index >= 15 is 0 Å². The van der Waals surface area contributed by atoms with Crippen LogP contribution in [0.4, 0.5) is 0 Å². The molecule has 0 nitrogen and oxygen atoms in total. The van der Waals surface area contributed by atoms with Crippen LogP contribution in [0.5, 0.6) is 0 Å². The molecule has 0 saturated carbocycles. The first-order valence-corrected chi connectivity index (χ1v) is 13.1. The fourth-order valence-corrected chi connectivity index (χ4v) is 6.90. The average Bonchev–Trinajstić information content (AvgIpc) is 3.21. The molecule has 7 rings (SSSR count). The molecule has 0 saturated heterocycles. The molecule has 1 aliphatic rings. The van der Waals surface area contributed by atoms with Crippen LogP contribution in [0.2, 0.25) is 20.1 Å². The van der Waals surface area contributed by atoms with Gasteiger partial charge in [0.25, 0.3) is 0 Å². The Balaban J connectivity index is 1.81. The zero-order chi connectivity index (χ0) is 24.6. The maximum absolute atomic E-state index is 6.86. The second kappa shape index (κ2) is 8.26. The molecule has 0 amide bonds. The smallest absolute Gasteiger partial charge is 0.0499 e. The van der Waals surface area contributed by atoms with E-state index in [4.69, 9.17) is 46.4 Å². The van der Waals surface area contributed by atoms with E-state index in [0.29, 0.717) is 20.1 Å². The van der Waals surface area contributed by atoms with Crippen molar-refractivity contribution in [3.8, 4) is 44.5 Å². The number of hydrogen-bond acceptors (Lipinski definition) is 0. The predicted molar refractivity (Wildman–Crippen MR) is 157 cm³/mol. The van der Waals surface area contributed by atoms with Gasteiger partial charge in [-0.05, 0) is 68.1 Å². The molecular formula is C32H16Cl4. The van der Waals surface area contributed by atoms with E-state index in [1.165, 1.54) is 10.8 Å². The van der Waals surface area contributed by atoms with Gasteiger partial charge in [-0.1, -0.05) is 119 Å². The molecule has 6 aromatic rings. The molecule has 6 aromatic carbocycles. The van der Waals surface area contributed by atoms with Crippen LogP contribution in [0.3, 0.4) is 0 Å². The Morgan fingerprint density at radius 1 is 0.333 bits per heavy atom. The van der Waals surface area contributed by atoms with Crippen LogP contribution in [0.25, 0.3) is 66.1 Å². The molecule has 0 heterocycles. The molecule has 36 heavy (non-hydrogen) atoms. The number of fused-ring (bicyclic) bond motifs is 4. The van der Waals surface area contributed by atoms with Gasteiger partial charge in [0, 0.05) is 42.3 Å². The van der Waals surface area contributed by atoms with Crippen LogP contribution in [0, 0.1) is 0 Å². The third-order valence-electron chi connectivity index (χ3n) is 7.08. The lowest BCUT2D eigenvalue weighted by Crippen LogP contribution is -1.95. The van der Waals surface area contributed by atoms with E-state index in [1.807, 2.05) is 48.5 Å². The van der Waals surface area contributed by atoms with Crippen LogP contribution in [0.15, 0.2) is 97.1 Å².